The van der Waals surface area contributed by atoms with E-state index < -0.39 is 0 Å². The molecule has 3 heterocycles. The molecule has 0 radical (unpaired) electrons. The van der Waals surface area contributed by atoms with Gasteiger partial charge in [-0.3, -0.25) is 0 Å². The summed E-state index contributed by atoms with van der Waals surface area (Å²) >= 11 is 2.00. The van der Waals surface area contributed by atoms with Gasteiger partial charge in [0.15, 0.2) is 0 Å². The number of thiophene rings is 1. The average molecular weight is 797 g/mol. The van der Waals surface area contributed by atoms with Crippen molar-refractivity contribution in [1.29, 1.82) is 0 Å². The summed E-state index contributed by atoms with van der Waals surface area (Å²) in [5.74, 6) is 0. The van der Waals surface area contributed by atoms with Gasteiger partial charge in [0, 0.05) is 43.3 Å². The second-order valence-corrected chi connectivity index (χ2v) is 24.6. The van der Waals surface area contributed by atoms with Gasteiger partial charge >= 0.3 is 0 Å². The van der Waals surface area contributed by atoms with Crippen LogP contribution in [0.25, 0.3) is 10.1 Å². The van der Waals surface area contributed by atoms with Crippen LogP contribution in [0.4, 0.5) is 34.1 Å². The zero-order chi connectivity index (χ0) is 42.6. The first-order chi connectivity index (χ1) is 27.3. The Hall–Kier alpha value is -4.28. The van der Waals surface area contributed by atoms with Crippen molar-refractivity contribution in [2.75, 3.05) is 9.80 Å². The van der Waals surface area contributed by atoms with Crippen LogP contribution >= 0.6 is 11.3 Å². The van der Waals surface area contributed by atoms with Crippen molar-refractivity contribution < 1.29 is 0 Å². The lowest BCUT2D eigenvalue weighted by molar-refractivity contribution is 0.403. The SMILES string of the molecule is CC(C)(C)c1cc(N2c3cc(C(C)(C)C)ccc3B3c4sc5ccc(C(C)(C)C)cc5c4N(c4ccc5c(c4)C(C)(C)CC5(C)C)c4cccc2c43)cc(C(C)(C)C)c1. The molecule has 59 heavy (non-hydrogen) atoms. The third kappa shape index (κ3) is 6.33. The molecule has 304 valence electrons. The van der Waals surface area contributed by atoms with Crippen LogP contribution in [0.2, 0.25) is 0 Å². The van der Waals surface area contributed by atoms with Gasteiger partial charge in [0.25, 0.3) is 6.71 Å². The molecule has 3 aliphatic rings. The molecule has 6 aromatic rings. The van der Waals surface area contributed by atoms with E-state index in [1.165, 1.54) is 93.3 Å². The molecule has 0 amide bonds. The fraction of sp³-hybridized carbons (Fsp3) is 0.418. The van der Waals surface area contributed by atoms with Crippen LogP contribution in [0.15, 0.2) is 91.0 Å². The Balaban J connectivity index is 1.40. The van der Waals surface area contributed by atoms with E-state index in [0.717, 1.165) is 6.42 Å². The Morgan fingerprint density at radius 3 is 1.68 bits per heavy atom. The summed E-state index contributed by atoms with van der Waals surface area (Å²) in [6.07, 6.45) is 1.15. The van der Waals surface area contributed by atoms with Crippen LogP contribution in [0.5, 0.6) is 0 Å². The number of anilines is 6. The van der Waals surface area contributed by atoms with Crippen LogP contribution in [0.3, 0.4) is 0 Å². The van der Waals surface area contributed by atoms with Gasteiger partial charge in [-0.25, -0.2) is 0 Å². The first kappa shape index (κ1) is 40.1. The lowest BCUT2D eigenvalue weighted by Gasteiger charge is -2.44. The highest BCUT2D eigenvalue weighted by atomic mass is 32.1. The summed E-state index contributed by atoms with van der Waals surface area (Å²) in [6, 6.07) is 36.7. The van der Waals surface area contributed by atoms with Crippen molar-refractivity contribution in [2.24, 2.45) is 0 Å². The Labute approximate surface area is 360 Å². The molecule has 5 aromatic carbocycles. The minimum Gasteiger partial charge on any atom is -0.311 e. The van der Waals surface area contributed by atoms with Gasteiger partial charge in [-0.05, 0) is 138 Å². The zero-order valence-electron chi connectivity index (χ0n) is 38.7. The van der Waals surface area contributed by atoms with Crippen molar-refractivity contribution in [3.8, 4) is 0 Å². The van der Waals surface area contributed by atoms with E-state index in [2.05, 4.69) is 212 Å². The third-order valence-corrected chi connectivity index (χ3v) is 15.1. The molecule has 0 atom stereocenters. The summed E-state index contributed by atoms with van der Waals surface area (Å²) < 4.78 is 2.79. The molecule has 2 nitrogen and oxygen atoms in total. The smallest absolute Gasteiger partial charge is 0.264 e. The lowest BCUT2D eigenvalue weighted by Crippen LogP contribution is -2.60. The van der Waals surface area contributed by atoms with E-state index >= 15 is 0 Å². The van der Waals surface area contributed by atoms with E-state index in [4.69, 9.17) is 0 Å². The number of rotatable bonds is 2. The van der Waals surface area contributed by atoms with Crippen molar-refractivity contribution in [1.82, 2.24) is 0 Å². The first-order valence-electron chi connectivity index (χ1n) is 22.0. The monoisotopic (exact) mass is 796 g/mol. The Morgan fingerprint density at radius 1 is 0.508 bits per heavy atom. The summed E-state index contributed by atoms with van der Waals surface area (Å²) in [5.41, 5.74) is 19.2. The average Bonchev–Trinajstić information content (AvgIpc) is 3.59. The lowest BCUT2D eigenvalue weighted by atomic mass is 9.36. The fourth-order valence-corrected chi connectivity index (χ4v) is 11.9. The van der Waals surface area contributed by atoms with Gasteiger partial charge in [-0.1, -0.05) is 147 Å². The molecule has 0 spiro atoms. The third-order valence-electron chi connectivity index (χ3n) is 13.8. The fourth-order valence-electron chi connectivity index (χ4n) is 10.6. The van der Waals surface area contributed by atoms with Gasteiger partial charge in [0.2, 0.25) is 0 Å². The number of fused-ring (bicyclic) bond motifs is 7. The highest BCUT2D eigenvalue weighted by molar-refractivity contribution is 7.33. The maximum Gasteiger partial charge on any atom is 0.264 e. The zero-order valence-corrected chi connectivity index (χ0v) is 39.6. The van der Waals surface area contributed by atoms with Crippen molar-refractivity contribution >= 4 is 78.0 Å². The molecule has 1 aliphatic carbocycles. The van der Waals surface area contributed by atoms with E-state index in [0.29, 0.717) is 0 Å². The van der Waals surface area contributed by atoms with Crippen LogP contribution in [0, 0.1) is 0 Å². The quantitative estimate of drug-likeness (QED) is 0.161. The molecule has 0 N–H and O–H groups in total. The van der Waals surface area contributed by atoms with Crippen LogP contribution in [0.1, 0.15) is 151 Å². The molecular weight excluding hydrogens is 731 g/mol. The largest absolute Gasteiger partial charge is 0.311 e. The van der Waals surface area contributed by atoms with Crippen LogP contribution in [-0.2, 0) is 32.5 Å². The van der Waals surface area contributed by atoms with Gasteiger partial charge in [0.05, 0.1) is 5.69 Å². The summed E-state index contributed by atoms with van der Waals surface area (Å²) in [7, 11) is 0. The van der Waals surface area contributed by atoms with E-state index in [9.17, 15) is 0 Å². The van der Waals surface area contributed by atoms with E-state index in [1.54, 1.807) is 0 Å². The predicted octanol–water partition coefficient (Wildman–Crippen LogP) is 14.1. The van der Waals surface area contributed by atoms with Gasteiger partial charge in [0.1, 0.15) is 0 Å². The highest BCUT2D eigenvalue weighted by Gasteiger charge is 2.47. The van der Waals surface area contributed by atoms with Crippen molar-refractivity contribution in [3.63, 3.8) is 0 Å². The molecule has 4 heteroatoms. The topological polar surface area (TPSA) is 6.48 Å². The minimum absolute atomic E-state index is 0.00193. The maximum atomic E-state index is 2.66. The number of nitrogens with zero attached hydrogens (tertiary/aromatic N) is 2. The van der Waals surface area contributed by atoms with Crippen molar-refractivity contribution in [3.05, 3.63) is 124 Å². The number of hydrogen-bond acceptors (Lipinski definition) is 3. The molecule has 0 bridgehead atoms. The van der Waals surface area contributed by atoms with Gasteiger partial charge in [-0.15, -0.1) is 11.3 Å². The van der Waals surface area contributed by atoms with Crippen LogP contribution < -0.4 is 25.5 Å². The Morgan fingerprint density at radius 2 is 1.07 bits per heavy atom. The molecule has 0 saturated carbocycles. The standard InChI is InChI=1S/C55H65BN2S/c1-50(2,3)33-21-25-46-39(29-33)48-49(59-46)56-42-24-20-34(51(4,5)6)30-45(42)57(38-27-35(52(7,8)9)26-36(28-38)53(10,11)12)43-18-17-19-44(47(43)56)58(48)37-22-23-40-41(31-37)55(15,16)32-54(40,13)14/h17-31H,32H2,1-16H3. The molecule has 0 unspecified atom stereocenters. The first-order valence-corrected chi connectivity index (χ1v) is 22.8. The summed E-state index contributed by atoms with van der Waals surface area (Å²) in [5, 5.41) is 1.36. The van der Waals surface area contributed by atoms with Crippen molar-refractivity contribution in [2.45, 2.75) is 150 Å². The minimum atomic E-state index is -0.00880. The van der Waals surface area contributed by atoms with Crippen LogP contribution in [-0.4, -0.2) is 6.71 Å². The van der Waals surface area contributed by atoms with E-state index in [1.807, 2.05) is 11.3 Å². The number of benzene rings is 5. The molecule has 2 aliphatic heterocycles. The maximum absolute atomic E-state index is 2.66. The highest BCUT2D eigenvalue weighted by Crippen LogP contribution is 2.53. The normalized spacial score (nSPS) is 16.9. The Bertz CT molecular complexity index is 2670. The molecular formula is C55H65BN2S. The molecule has 9 rings (SSSR count). The molecule has 0 saturated heterocycles. The van der Waals surface area contributed by atoms with E-state index in [-0.39, 0.29) is 39.2 Å². The Kier molecular flexibility index (Phi) is 8.60. The molecule has 1 aromatic heterocycles. The molecule has 0 fully saturated rings. The summed E-state index contributed by atoms with van der Waals surface area (Å²) in [6.45, 7) is 38.0. The van der Waals surface area contributed by atoms with Gasteiger partial charge < -0.3 is 9.80 Å². The van der Waals surface area contributed by atoms with Gasteiger partial charge in [-0.2, -0.15) is 0 Å². The second kappa shape index (κ2) is 12.6. The predicted molar refractivity (Wildman–Crippen MR) is 261 cm³/mol. The summed E-state index contributed by atoms with van der Waals surface area (Å²) in [4.78, 5) is 5.30. The number of hydrogen-bond donors (Lipinski definition) is 0. The second-order valence-electron chi connectivity index (χ2n) is 23.6.